The summed E-state index contributed by atoms with van der Waals surface area (Å²) in [7, 11) is 0. The predicted octanol–water partition coefficient (Wildman–Crippen LogP) is 2.22. The number of likely N-dealkylation sites (tertiary alicyclic amines) is 1. The Labute approximate surface area is 137 Å². The summed E-state index contributed by atoms with van der Waals surface area (Å²) >= 11 is 0. The summed E-state index contributed by atoms with van der Waals surface area (Å²) in [5.41, 5.74) is 1.02. The number of hydrogen-bond donors (Lipinski definition) is 1. The second-order valence-electron chi connectivity index (χ2n) is 6.17. The number of nitrogens with one attached hydrogen (secondary N) is 1. The minimum Gasteiger partial charge on any atom is -0.341 e. The number of amides is 1. The molecule has 0 bridgehead atoms. The minimum absolute atomic E-state index is 0.145. The Morgan fingerprint density at radius 2 is 1.96 bits per heavy atom. The minimum atomic E-state index is -0.292. The molecule has 1 amide bonds. The van der Waals surface area contributed by atoms with Crippen molar-refractivity contribution in [1.29, 1.82) is 0 Å². The maximum Gasteiger partial charge on any atom is 0.244 e. The summed E-state index contributed by atoms with van der Waals surface area (Å²) in [6.07, 6.45) is 5.93. The molecule has 2 atom stereocenters. The van der Waals surface area contributed by atoms with Crippen molar-refractivity contribution in [3.8, 4) is 0 Å². The standard InChI is InChI=1S/C18H24N4O/c1-15(14-22-13-7-10-19-22)20-17(16-8-3-2-4-9-16)18(23)21-11-5-6-12-21/h2-4,7-10,13,15,17,20H,5-6,11-12,14H2,1H3/t15-,17+/m0/s1. The first-order valence-corrected chi connectivity index (χ1v) is 8.31. The van der Waals surface area contributed by atoms with Gasteiger partial charge in [0, 0.05) is 31.5 Å². The maximum absolute atomic E-state index is 12.9. The van der Waals surface area contributed by atoms with Crippen LogP contribution in [-0.2, 0) is 11.3 Å². The highest BCUT2D eigenvalue weighted by atomic mass is 16.2. The Morgan fingerprint density at radius 1 is 1.22 bits per heavy atom. The second kappa shape index (κ2) is 7.42. The van der Waals surface area contributed by atoms with Crippen LogP contribution in [0.1, 0.15) is 31.4 Å². The van der Waals surface area contributed by atoms with E-state index in [1.807, 2.05) is 52.2 Å². The van der Waals surface area contributed by atoms with Crippen molar-refractivity contribution in [2.24, 2.45) is 0 Å². The highest BCUT2D eigenvalue weighted by molar-refractivity contribution is 5.83. The summed E-state index contributed by atoms with van der Waals surface area (Å²) in [4.78, 5) is 14.9. The first-order chi connectivity index (χ1) is 11.2. The molecule has 1 aromatic carbocycles. The lowest BCUT2D eigenvalue weighted by Crippen LogP contribution is -2.43. The van der Waals surface area contributed by atoms with Gasteiger partial charge in [0.25, 0.3) is 0 Å². The van der Waals surface area contributed by atoms with Crippen LogP contribution in [0, 0.1) is 0 Å². The van der Waals surface area contributed by atoms with Crippen LogP contribution in [-0.4, -0.2) is 39.7 Å². The van der Waals surface area contributed by atoms with Gasteiger partial charge in [0.05, 0.1) is 6.54 Å². The topological polar surface area (TPSA) is 50.2 Å². The Hall–Kier alpha value is -2.14. The van der Waals surface area contributed by atoms with Gasteiger partial charge in [0.1, 0.15) is 6.04 Å². The van der Waals surface area contributed by atoms with Crippen molar-refractivity contribution < 1.29 is 4.79 Å². The average molecular weight is 312 g/mol. The second-order valence-corrected chi connectivity index (χ2v) is 6.17. The van der Waals surface area contributed by atoms with E-state index in [0.29, 0.717) is 0 Å². The number of aromatic nitrogens is 2. The molecule has 1 aliphatic heterocycles. The van der Waals surface area contributed by atoms with Gasteiger partial charge in [-0.2, -0.15) is 5.10 Å². The Kier molecular flexibility index (Phi) is 5.08. The van der Waals surface area contributed by atoms with Gasteiger partial charge in [-0.3, -0.25) is 14.8 Å². The van der Waals surface area contributed by atoms with Gasteiger partial charge in [-0.15, -0.1) is 0 Å². The monoisotopic (exact) mass is 312 g/mol. The van der Waals surface area contributed by atoms with E-state index >= 15 is 0 Å². The summed E-state index contributed by atoms with van der Waals surface area (Å²) < 4.78 is 1.89. The van der Waals surface area contributed by atoms with Crippen LogP contribution in [0.3, 0.4) is 0 Å². The molecule has 1 aliphatic rings. The molecule has 0 saturated carbocycles. The van der Waals surface area contributed by atoms with Gasteiger partial charge in [-0.05, 0) is 31.4 Å². The number of nitrogens with zero attached hydrogens (tertiary/aromatic N) is 3. The molecule has 1 saturated heterocycles. The zero-order chi connectivity index (χ0) is 16.1. The molecule has 23 heavy (non-hydrogen) atoms. The summed E-state index contributed by atoms with van der Waals surface area (Å²) in [6.45, 7) is 4.58. The number of hydrogen-bond acceptors (Lipinski definition) is 3. The first kappa shape index (κ1) is 15.7. The molecule has 0 radical (unpaired) electrons. The predicted molar refractivity (Wildman–Crippen MR) is 89.8 cm³/mol. The third-order valence-corrected chi connectivity index (χ3v) is 4.27. The van der Waals surface area contributed by atoms with Gasteiger partial charge in [-0.25, -0.2) is 0 Å². The fraction of sp³-hybridized carbons (Fsp3) is 0.444. The summed E-state index contributed by atoms with van der Waals surface area (Å²) in [6, 6.07) is 11.8. The molecule has 1 fully saturated rings. The van der Waals surface area contributed by atoms with Crippen molar-refractivity contribution in [2.75, 3.05) is 13.1 Å². The van der Waals surface area contributed by atoms with Crippen LogP contribution in [0.5, 0.6) is 0 Å². The van der Waals surface area contributed by atoms with Crippen molar-refractivity contribution in [3.63, 3.8) is 0 Å². The van der Waals surface area contributed by atoms with E-state index in [2.05, 4.69) is 17.3 Å². The lowest BCUT2D eigenvalue weighted by Gasteiger charge is -2.27. The third kappa shape index (κ3) is 3.99. The lowest BCUT2D eigenvalue weighted by molar-refractivity contribution is -0.132. The van der Waals surface area contributed by atoms with E-state index in [1.54, 1.807) is 6.20 Å². The molecule has 5 nitrogen and oxygen atoms in total. The molecular weight excluding hydrogens is 288 g/mol. The summed E-state index contributed by atoms with van der Waals surface area (Å²) in [5.74, 6) is 0.181. The quantitative estimate of drug-likeness (QED) is 0.890. The molecule has 2 heterocycles. The molecule has 2 aromatic rings. The van der Waals surface area contributed by atoms with E-state index in [0.717, 1.165) is 38.0 Å². The van der Waals surface area contributed by atoms with Crippen LogP contribution >= 0.6 is 0 Å². The molecular formula is C18H24N4O. The molecule has 0 spiro atoms. The fourth-order valence-electron chi connectivity index (χ4n) is 3.10. The van der Waals surface area contributed by atoms with E-state index in [1.165, 1.54) is 0 Å². The van der Waals surface area contributed by atoms with E-state index in [9.17, 15) is 4.79 Å². The van der Waals surface area contributed by atoms with Crippen LogP contribution in [0.2, 0.25) is 0 Å². The van der Waals surface area contributed by atoms with Crippen molar-refractivity contribution in [1.82, 2.24) is 20.0 Å². The van der Waals surface area contributed by atoms with E-state index in [4.69, 9.17) is 0 Å². The number of carbonyl (C=O) groups excluding carboxylic acids is 1. The molecule has 1 aromatic heterocycles. The smallest absolute Gasteiger partial charge is 0.244 e. The molecule has 3 rings (SSSR count). The molecule has 5 heteroatoms. The van der Waals surface area contributed by atoms with E-state index < -0.39 is 0 Å². The third-order valence-electron chi connectivity index (χ3n) is 4.27. The van der Waals surface area contributed by atoms with Gasteiger partial charge in [-0.1, -0.05) is 30.3 Å². The first-order valence-electron chi connectivity index (χ1n) is 8.31. The van der Waals surface area contributed by atoms with Crippen molar-refractivity contribution >= 4 is 5.91 Å². The van der Waals surface area contributed by atoms with Crippen LogP contribution in [0.25, 0.3) is 0 Å². The molecule has 122 valence electrons. The number of rotatable bonds is 6. The van der Waals surface area contributed by atoms with Crippen LogP contribution in [0.15, 0.2) is 48.8 Å². The average Bonchev–Trinajstić information content (AvgIpc) is 3.26. The Balaban J connectivity index is 1.73. The van der Waals surface area contributed by atoms with Gasteiger partial charge in [0.15, 0.2) is 0 Å². The fourth-order valence-corrected chi connectivity index (χ4v) is 3.10. The van der Waals surface area contributed by atoms with Gasteiger partial charge >= 0.3 is 0 Å². The number of benzene rings is 1. The lowest BCUT2D eigenvalue weighted by atomic mass is 10.0. The summed E-state index contributed by atoms with van der Waals surface area (Å²) in [5, 5.41) is 7.74. The van der Waals surface area contributed by atoms with Crippen molar-refractivity contribution in [2.45, 2.75) is 38.4 Å². The van der Waals surface area contributed by atoms with Gasteiger partial charge in [0.2, 0.25) is 5.91 Å². The van der Waals surface area contributed by atoms with Gasteiger partial charge < -0.3 is 4.90 Å². The number of carbonyl (C=O) groups is 1. The highest BCUT2D eigenvalue weighted by Gasteiger charge is 2.28. The SMILES string of the molecule is C[C@@H](Cn1cccn1)N[C@@H](C(=O)N1CCCC1)c1ccccc1. The molecule has 0 aliphatic carbocycles. The zero-order valence-corrected chi connectivity index (χ0v) is 13.6. The van der Waals surface area contributed by atoms with Crippen molar-refractivity contribution in [3.05, 3.63) is 54.4 Å². The van der Waals surface area contributed by atoms with Crippen LogP contribution in [0.4, 0.5) is 0 Å². The Morgan fingerprint density at radius 3 is 2.61 bits per heavy atom. The largest absolute Gasteiger partial charge is 0.341 e. The maximum atomic E-state index is 12.9. The molecule has 0 unspecified atom stereocenters. The highest BCUT2D eigenvalue weighted by Crippen LogP contribution is 2.20. The van der Waals surface area contributed by atoms with Crippen LogP contribution < -0.4 is 5.32 Å². The normalized spacial score (nSPS) is 17.2. The zero-order valence-electron chi connectivity index (χ0n) is 13.6. The Bertz CT molecular complexity index is 605. The molecule has 1 N–H and O–H groups in total. The van der Waals surface area contributed by atoms with E-state index in [-0.39, 0.29) is 18.0 Å².